The van der Waals surface area contributed by atoms with Gasteiger partial charge < -0.3 is 25.2 Å². The van der Waals surface area contributed by atoms with Gasteiger partial charge in [-0.05, 0) is 48.9 Å². The van der Waals surface area contributed by atoms with Crippen LogP contribution in [-0.4, -0.2) is 31.4 Å². The predicted molar refractivity (Wildman–Crippen MR) is 92.6 cm³/mol. The highest BCUT2D eigenvalue weighted by Crippen LogP contribution is 2.17. The summed E-state index contributed by atoms with van der Waals surface area (Å²) in [5.74, 6) is 1.46. The number of benzene rings is 2. The van der Waals surface area contributed by atoms with Crippen molar-refractivity contribution in [2.45, 2.75) is 13.0 Å². The van der Waals surface area contributed by atoms with Crippen molar-refractivity contribution in [2.24, 2.45) is 0 Å². The van der Waals surface area contributed by atoms with Crippen molar-refractivity contribution in [1.82, 2.24) is 5.32 Å². The molecule has 2 aromatic rings. The summed E-state index contributed by atoms with van der Waals surface area (Å²) in [6.45, 7) is 2.61. The van der Waals surface area contributed by atoms with Gasteiger partial charge in [0.15, 0.2) is 0 Å². The summed E-state index contributed by atoms with van der Waals surface area (Å²) in [7, 11) is 1.58. The van der Waals surface area contributed by atoms with Gasteiger partial charge in [-0.3, -0.25) is 0 Å². The lowest BCUT2D eigenvalue weighted by atomic mass is 10.1. The Kier molecular flexibility index (Phi) is 6.45. The van der Waals surface area contributed by atoms with Crippen LogP contribution < -0.4 is 20.1 Å². The highest BCUT2D eigenvalue weighted by molar-refractivity contribution is 5.89. The van der Waals surface area contributed by atoms with E-state index in [2.05, 4.69) is 10.6 Å². The van der Waals surface area contributed by atoms with Crippen molar-refractivity contribution < 1.29 is 19.4 Å². The van der Waals surface area contributed by atoms with Crippen LogP contribution >= 0.6 is 0 Å². The highest BCUT2D eigenvalue weighted by atomic mass is 16.5. The molecule has 0 aliphatic carbocycles. The molecule has 0 spiro atoms. The van der Waals surface area contributed by atoms with Crippen molar-refractivity contribution in [3.8, 4) is 11.5 Å². The quantitative estimate of drug-likeness (QED) is 0.729. The zero-order chi connectivity index (χ0) is 17.4. The van der Waals surface area contributed by atoms with E-state index in [1.165, 1.54) is 0 Å². The summed E-state index contributed by atoms with van der Waals surface area (Å²) in [6.07, 6.45) is -0.790. The summed E-state index contributed by atoms with van der Waals surface area (Å²) in [5, 5.41) is 15.4. The molecule has 2 rings (SSSR count). The van der Waals surface area contributed by atoms with Crippen molar-refractivity contribution in [2.75, 3.05) is 25.6 Å². The van der Waals surface area contributed by atoms with Gasteiger partial charge >= 0.3 is 6.03 Å². The average Bonchev–Trinajstić information content (AvgIpc) is 2.61. The Hall–Kier alpha value is -2.73. The molecule has 128 valence electrons. The Morgan fingerprint density at radius 3 is 2.29 bits per heavy atom. The third-order valence-electron chi connectivity index (χ3n) is 3.38. The lowest BCUT2D eigenvalue weighted by molar-refractivity contribution is 0.175. The number of aliphatic hydroxyl groups excluding tert-OH is 1. The molecular weight excluding hydrogens is 308 g/mol. The smallest absolute Gasteiger partial charge is 0.319 e. The minimum Gasteiger partial charge on any atom is -0.497 e. The van der Waals surface area contributed by atoms with Crippen LogP contribution in [0.15, 0.2) is 48.5 Å². The molecule has 24 heavy (non-hydrogen) atoms. The maximum atomic E-state index is 11.9. The van der Waals surface area contributed by atoms with Gasteiger partial charge in [0, 0.05) is 12.2 Å². The van der Waals surface area contributed by atoms with Crippen LogP contribution in [-0.2, 0) is 0 Å². The van der Waals surface area contributed by atoms with E-state index in [0.29, 0.717) is 23.6 Å². The van der Waals surface area contributed by atoms with Gasteiger partial charge in [-0.15, -0.1) is 0 Å². The Balaban J connectivity index is 1.81. The van der Waals surface area contributed by atoms with Crippen LogP contribution in [0, 0.1) is 0 Å². The van der Waals surface area contributed by atoms with Gasteiger partial charge in [-0.1, -0.05) is 12.1 Å². The molecule has 0 unspecified atom stereocenters. The lowest BCUT2D eigenvalue weighted by Crippen LogP contribution is -2.32. The van der Waals surface area contributed by atoms with E-state index < -0.39 is 6.10 Å². The van der Waals surface area contributed by atoms with Crippen LogP contribution in [0.25, 0.3) is 0 Å². The molecule has 0 heterocycles. The number of carbonyl (C=O) groups excluding carboxylic acids is 1. The summed E-state index contributed by atoms with van der Waals surface area (Å²) >= 11 is 0. The largest absolute Gasteiger partial charge is 0.497 e. The zero-order valence-corrected chi connectivity index (χ0v) is 13.8. The molecule has 0 radical (unpaired) electrons. The monoisotopic (exact) mass is 330 g/mol. The first-order valence-electron chi connectivity index (χ1n) is 7.72. The van der Waals surface area contributed by atoms with Gasteiger partial charge in [0.2, 0.25) is 0 Å². The zero-order valence-electron chi connectivity index (χ0n) is 13.8. The van der Waals surface area contributed by atoms with E-state index in [-0.39, 0.29) is 12.6 Å². The second kappa shape index (κ2) is 8.79. The number of aliphatic hydroxyl groups is 1. The number of rotatable bonds is 7. The number of nitrogens with one attached hydrogen (secondary N) is 2. The Morgan fingerprint density at radius 2 is 1.71 bits per heavy atom. The van der Waals surface area contributed by atoms with Crippen LogP contribution in [0.3, 0.4) is 0 Å². The van der Waals surface area contributed by atoms with Crippen LogP contribution in [0.2, 0.25) is 0 Å². The van der Waals surface area contributed by atoms with Crippen LogP contribution in [0.5, 0.6) is 11.5 Å². The third-order valence-corrected chi connectivity index (χ3v) is 3.38. The number of hydrogen-bond acceptors (Lipinski definition) is 4. The number of hydrogen-bond donors (Lipinski definition) is 3. The molecule has 0 fully saturated rings. The first-order valence-corrected chi connectivity index (χ1v) is 7.72. The fourth-order valence-electron chi connectivity index (χ4n) is 2.11. The molecule has 0 saturated carbocycles. The molecule has 0 bridgehead atoms. The first kappa shape index (κ1) is 17.6. The maximum absolute atomic E-state index is 11.9. The molecule has 0 aliphatic heterocycles. The van der Waals surface area contributed by atoms with Crippen molar-refractivity contribution in [1.29, 1.82) is 0 Å². The van der Waals surface area contributed by atoms with Crippen molar-refractivity contribution >= 4 is 11.7 Å². The summed E-state index contributed by atoms with van der Waals surface area (Å²) in [5.41, 5.74) is 1.35. The minimum atomic E-state index is -0.790. The Morgan fingerprint density at radius 1 is 1.08 bits per heavy atom. The predicted octanol–water partition coefficient (Wildman–Crippen LogP) is 2.95. The lowest BCUT2D eigenvalue weighted by Gasteiger charge is -2.13. The molecule has 6 heteroatoms. The molecule has 0 saturated heterocycles. The Labute approximate surface area is 141 Å². The Bertz CT molecular complexity index is 641. The van der Waals surface area contributed by atoms with E-state index in [1.807, 2.05) is 6.92 Å². The molecule has 0 aliphatic rings. The molecule has 6 nitrogen and oxygen atoms in total. The fraction of sp³-hybridized carbons (Fsp3) is 0.278. The first-order chi connectivity index (χ1) is 11.6. The van der Waals surface area contributed by atoms with Gasteiger partial charge in [0.1, 0.15) is 11.5 Å². The molecule has 1 atom stereocenters. The number of carbonyl (C=O) groups is 1. The molecule has 2 aromatic carbocycles. The second-order valence-electron chi connectivity index (χ2n) is 5.08. The van der Waals surface area contributed by atoms with E-state index in [0.717, 1.165) is 5.75 Å². The maximum Gasteiger partial charge on any atom is 0.319 e. The van der Waals surface area contributed by atoms with E-state index in [9.17, 15) is 9.90 Å². The second-order valence-corrected chi connectivity index (χ2v) is 5.08. The summed E-state index contributed by atoms with van der Waals surface area (Å²) in [6, 6.07) is 13.7. The number of anilines is 1. The number of amides is 2. The SMILES string of the molecule is CCOc1ccc(NC(=O)NC[C@H](O)c2ccc(OC)cc2)cc1. The van der Waals surface area contributed by atoms with Crippen LogP contribution in [0.1, 0.15) is 18.6 Å². The number of urea groups is 1. The number of methoxy groups -OCH3 is 1. The topological polar surface area (TPSA) is 79.8 Å². The third kappa shape index (κ3) is 5.17. The summed E-state index contributed by atoms with van der Waals surface area (Å²) < 4.78 is 10.4. The minimum absolute atomic E-state index is 0.106. The van der Waals surface area contributed by atoms with Crippen LogP contribution in [0.4, 0.5) is 10.5 Å². The van der Waals surface area contributed by atoms with E-state index in [1.54, 1.807) is 55.6 Å². The van der Waals surface area contributed by atoms with Gasteiger partial charge in [-0.25, -0.2) is 4.79 Å². The number of ether oxygens (including phenoxy) is 2. The van der Waals surface area contributed by atoms with Gasteiger partial charge in [0.05, 0.1) is 19.8 Å². The average molecular weight is 330 g/mol. The fourth-order valence-corrected chi connectivity index (χ4v) is 2.11. The summed E-state index contributed by atoms with van der Waals surface area (Å²) in [4.78, 5) is 11.9. The normalized spacial score (nSPS) is 11.5. The molecule has 0 aromatic heterocycles. The van der Waals surface area contributed by atoms with E-state index >= 15 is 0 Å². The van der Waals surface area contributed by atoms with Crippen molar-refractivity contribution in [3.63, 3.8) is 0 Å². The van der Waals surface area contributed by atoms with Crippen molar-refractivity contribution in [3.05, 3.63) is 54.1 Å². The van der Waals surface area contributed by atoms with Gasteiger partial charge in [0.25, 0.3) is 0 Å². The standard InChI is InChI=1S/C18H22N2O4/c1-3-24-16-10-6-14(7-11-16)20-18(22)19-12-17(21)13-4-8-15(23-2)9-5-13/h4-11,17,21H,3,12H2,1-2H3,(H2,19,20,22)/t17-/m0/s1. The molecule has 2 amide bonds. The molecular formula is C18H22N2O4. The van der Waals surface area contributed by atoms with E-state index in [4.69, 9.17) is 9.47 Å². The van der Waals surface area contributed by atoms with Gasteiger partial charge in [-0.2, -0.15) is 0 Å². The molecule has 3 N–H and O–H groups in total. The highest BCUT2D eigenvalue weighted by Gasteiger charge is 2.10.